The van der Waals surface area contributed by atoms with Crippen molar-refractivity contribution in [1.29, 1.82) is 0 Å². The molecule has 108 valence electrons. The van der Waals surface area contributed by atoms with Crippen LogP contribution in [0.5, 0.6) is 0 Å². The Labute approximate surface area is 133 Å². The third-order valence-electron chi connectivity index (χ3n) is 3.55. The highest BCUT2D eigenvalue weighted by Gasteiger charge is 2.25. The summed E-state index contributed by atoms with van der Waals surface area (Å²) in [6.45, 7) is 1.46. The summed E-state index contributed by atoms with van der Waals surface area (Å²) in [6.07, 6.45) is 0.966. The van der Waals surface area contributed by atoms with Gasteiger partial charge in [0.2, 0.25) is 4.96 Å². The van der Waals surface area contributed by atoms with Crippen molar-refractivity contribution in [1.82, 2.24) is 19.8 Å². The third kappa shape index (κ3) is 2.23. The highest BCUT2D eigenvalue weighted by molar-refractivity contribution is 9.10. The molecule has 4 rings (SSSR count). The van der Waals surface area contributed by atoms with E-state index < -0.39 is 0 Å². The maximum absolute atomic E-state index is 6.08. The summed E-state index contributed by atoms with van der Waals surface area (Å²) in [5.41, 5.74) is 7.69. The molecule has 8 heteroatoms. The van der Waals surface area contributed by atoms with Crippen molar-refractivity contribution < 1.29 is 4.74 Å². The van der Waals surface area contributed by atoms with Crippen molar-refractivity contribution in [3.05, 3.63) is 28.5 Å². The van der Waals surface area contributed by atoms with Crippen LogP contribution in [0.4, 0.5) is 5.69 Å². The zero-order valence-electron chi connectivity index (χ0n) is 11.0. The molecular weight excluding hydrogens is 354 g/mol. The normalized spacial score (nSPS) is 18.6. The molecular formula is C13H12BrN5OS. The van der Waals surface area contributed by atoms with E-state index in [0.29, 0.717) is 12.3 Å². The van der Waals surface area contributed by atoms with Crippen LogP contribution in [0.25, 0.3) is 15.5 Å². The van der Waals surface area contributed by atoms with Gasteiger partial charge in [-0.1, -0.05) is 27.3 Å². The first kappa shape index (κ1) is 13.2. The quantitative estimate of drug-likeness (QED) is 0.706. The molecule has 0 saturated carbocycles. The average molecular weight is 366 g/mol. The van der Waals surface area contributed by atoms with E-state index in [9.17, 15) is 0 Å². The number of hydrogen-bond donors (Lipinski definition) is 1. The number of ether oxygens (including phenoxy) is 1. The van der Waals surface area contributed by atoms with Gasteiger partial charge in [0.15, 0.2) is 5.82 Å². The topological polar surface area (TPSA) is 78.3 Å². The van der Waals surface area contributed by atoms with Gasteiger partial charge in [-0.3, -0.25) is 0 Å². The highest BCUT2D eigenvalue weighted by atomic mass is 79.9. The number of halogens is 1. The van der Waals surface area contributed by atoms with Gasteiger partial charge < -0.3 is 10.5 Å². The van der Waals surface area contributed by atoms with E-state index >= 15 is 0 Å². The van der Waals surface area contributed by atoms with Crippen molar-refractivity contribution in [2.75, 3.05) is 18.9 Å². The summed E-state index contributed by atoms with van der Waals surface area (Å²) in [7, 11) is 0. The van der Waals surface area contributed by atoms with Gasteiger partial charge in [-0.15, -0.1) is 10.2 Å². The minimum absolute atomic E-state index is 0.275. The number of aromatic nitrogens is 4. The molecule has 1 fully saturated rings. The molecule has 1 atom stereocenters. The van der Waals surface area contributed by atoms with Crippen LogP contribution in [-0.2, 0) is 4.74 Å². The van der Waals surface area contributed by atoms with Gasteiger partial charge in [0.1, 0.15) is 5.01 Å². The van der Waals surface area contributed by atoms with Gasteiger partial charge in [-0.25, -0.2) is 0 Å². The number of nitrogens with zero attached hydrogens (tertiary/aromatic N) is 4. The largest absolute Gasteiger partial charge is 0.398 e. The zero-order valence-corrected chi connectivity index (χ0v) is 13.4. The Bertz CT molecular complexity index is 808. The summed E-state index contributed by atoms with van der Waals surface area (Å²) in [4.78, 5) is 0.786. The minimum atomic E-state index is 0.275. The van der Waals surface area contributed by atoms with Gasteiger partial charge in [-0.05, 0) is 24.6 Å². The van der Waals surface area contributed by atoms with Crippen molar-refractivity contribution >= 4 is 37.9 Å². The summed E-state index contributed by atoms with van der Waals surface area (Å²) in [5, 5.41) is 14.0. The molecule has 1 aliphatic rings. The average Bonchev–Trinajstić information content (AvgIpc) is 3.13. The van der Waals surface area contributed by atoms with Gasteiger partial charge in [0.05, 0.1) is 6.61 Å². The first-order valence-electron chi connectivity index (χ1n) is 6.57. The SMILES string of the molecule is Nc1cc(Br)ccc1-c1nn2c(C3CCOC3)nnc2s1. The molecule has 21 heavy (non-hydrogen) atoms. The summed E-state index contributed by atoms with van der Waals surface area (Å²) < 4.78 is 8.20. The van der Waals surface area contributed by atoms with E-state index in [2.05, 4.69) is 31.2 Å². The molecule has 1 unspecified atom stereocenters. The predicted octanol–water partition coefficient (Wildman–Crippen LogP) is 2.70. The molecule has 1 aliphatic heterocycles. The minimum Gasteiger partial charge on any atom is -0.398 e. The predicted molar refractivity (Wildman–Crippen MR) is 84.4 cm³/mol. The van der Waals surface area contributed by atoms with Crippen molar-refractivity contribution in [3.8, 4) is 10.6 Å². The lowest BCUT2D eigenvalue weighted by molar-refractivity contribution is 0.193. The number of nitrogens with two attached hydrogens (primary N) is 1. The molecule has 0 amide bonds. The second-order valence-electron chi connectivity index (χ2n) is 4.95. The van der Waals surface area contributed by atoms with Gasteiger partial charge in [0, 0.05) is 28.2 Å². The Morgan fingerprint density at radius 2 is 2.29 bits per heavy atom. The first-order valence-corrected chi connectivity index (χ1v) is 8.18. The van der Waals surface area contributed by atoms with E-state index in [4.69, 9.17) is 10.5 Å². The second kappa shape index (κ2) is 5.04. The highest BCUT2D eigenvalue weighted by Crippen LogP contribution is 2.33. The number of fused-ring (bicyclic) bond motifs is 1. The Hall–Kier alpha value is -1.51. The summed E-state index contributed by atoms with van der Waals surface area (Å²) in [5.74, 6) is 1.15. The van der Waals surface area contributed by atoms with E-state index in [1.807, 2.05) is 22.7 Å². The Balaban J connectivity index is 1.80. The Morgan fingerprint density at radius 3 is 3.05 bits per heavy atom. The molecule has 0 spiro atoms. The third-order valence-corrected chi connectivity index (χ3v) is 4.98. The maximum atomic E-state index is 6.08. The van der Waals surface area contributed by atoms with Crippen LogP contribution in [0.1, 0.15) is 18.2 Å². The zero-order chi connectivity index (χ0) is 14.4. The maximum Gasteiger partial charge on any atom is 0.234 e. The fraction of sp³-hybridized carbons (Fsp3) is 0.308. The van der Waals surface area contributed by atoms with Crippen LogP contribution in [0.3, 0.4) is 0 Å². The number of rotatable bonds is 2. The van der Waals surface area contributed by atoms with E-state index in [0.717, 1.165) is 38.9 Å². The van der Waals surface area contributed by atoms with E-state index in [1.54, 1.807) is 0 Å². The van der Waals surface area contributed by atoms with Gasteiger partial charge >= 0.3 is 0 Å². The molecule has 3 aromatic rings. The monoisotopic (exact) mass is 365 g/mol. The molecule has 6 nitrogen and oxygen atoms in total. The molecule has 1 aromatic carbocycles. The van der Waals surface area contributed by atoms with Crippen molar-refractivity contribution in [2.45, 2.75) is 12.3 Å². The lowest BCUT2D eigenvalue weighted by Gasteiger charge is -2.03. The Morgan fingerprint density at radius 1 is 1.38 bits per heavy atom. The standard InChI is InChI=1S/C13H12BrN5OS/c14-8-1-2-9(10(15)5-8)12-18-19-11(7-3-4-20-6-7)16-17-13(19)21-12/h1-2,5,7H,3-4,6,15H2. The molecule has 0 bridgehead atoms. The van der Waals surface area contributed by atoms with Gasteiger partial charge in [-0.2, -0.15) is 9.61 Å². The molecule has 3 heterocycles. The van der Waals surface area contributed by atoms with Gasteiger partial charge in [0.25, 0.3) is 0 Å². The molecule has 2 aromatic heterocycles. The lowest BCUT2D eigenvalue weighted by Crippen LogP contribution is -2.04. The van der Waals surface area contributed by atoms with E-state index in [1.165, 1.54) is 11.3 Å². The molecule has 0 radical (unpaired) electrons. The van der Waals surface area contributed by atoms with Crippen LogP contribution in [0.15, 0.2) is 22.7 Å². The Kier molecular flexibility index (Phi) is 3.16. The number of benzene rings is 1. The van der Waals surface area contributed by atoms with Crippen LogP contribution >= 0.6 is 27.3 Å². The van der Waals surface area contributed by atoms with Crippen LogP contribution in [-0.4, -0.2) is 33.0 Å². The molecule has 0 aliphatic carbocycles. The second-order valence-corrected chi connectivity index (χ2v) is 6.82. The molecule has 1 saturated heterocycles. The molecule has 2 N–H and O–H groups in total. The number of nitrogen functional groups attached to an aromatic ring is 1. The van der Waals surface area contributed by atoms with Crippen molar-refractivity contribution in [2.24, 2.45) is 0 Å². The van der Waals surface area contributed by atoms with Crippen LogP contribution in [0.2, 0.25) is 0 Å². The fourth-order valence-electron chi connectivity index (χ4n) is 2.46. The fourth-order valence-corrected chi connectivity index (χ4v) is 3.73. The number of hydrogen-bond acceptors (Lipinski definition) is 6. The first-order chi connectivity index (χ1) is 10.2. The van der Waals surface area contributed by atoms with Crippen LogP contribution in [0, 0.1) is 0 Å². The summed E-state index contributed by atoms with van der Waals surface area (Å²) >= 11 is 4.91. The van der Waals surface area contributed by atoms with E-state index in [-0.39, 0.29) is 5.92 Å². The number of anilines is 1. The summed E-state index contributed by atoms with van der Waals surface area (Å²) in [6, 6.07) is 5.80. The lowest BCUT2D eigenvalue weighted by atomic mass is 10.1. The van der Waals surface area contributed by atoms with Crippen LogP contribution < -0.4 is 5.73 Å². The smallest absolute Gasteiger partial charge is 0.234 e. The van der Waals surface area contributed by atoms with Crippen molar-refractivity contribution in [3.63, 3.8) is 0 Å².